The van der Waals surface area contributed by atoms with E-state index in [0.717, 1.165) is 19.0 Å². The zero-order valence-corrected chi connectivity index (χ0v) is 12.2. The fourth-order valence-electron chi connectivity index (χ4n) is 3.44. The Balaban J connectivity index is 1.68. The zero-order valence-electron chi connectivity index (χ0n) is 11.4. The van der Waals surface area contributed by atoms with E-state index in [-0.39, 0.29) is 0 Å². The maximum absolute atomic E-state index is 5.90. The van der Waals surface area contributed by atoms with Crippen LogP contribution in [0.3, 0.4) is 0 Å². The lowest BCUT2D eigenvalue weighted by atomic mass is 9.93. The summed E-state index contributed by atoms with van der Waals surface area (Å²) >= 11 is 5.90. The lowest BCUT2D eigenvalue weighted by Gasteiger charge is -2.35. The maximum atomic E-state index is 5.90. The Hall–Kier alpha value is -1.33. The molecule has 20 heavy (non-hydrogen) atoms. The van der Waals surface area contributed by atoms with E-state index in [0.29, 0.717) is 28.4 Å². The van der Waals surface area contributed by atoms with E-state index in [1.807, 2.05) is 6.07 Å². The molecule has 2 aromatic rings. The van der Waals surface area contributed by atoms with Crippen LogP contribution in [0, 0.1) is 5.92 Å². The van der Waals surface area contributed by atoms with E-state index in [9.17, 15) is 0 Å². The molecule has 6 heteroatoms. The van der Waals surface area contributed by atoms with Crippen molar-refractivity contribution >= 4 is 28.8 Å². The molecule has 2 aliphatic heterocycles. The summed E-state index contributed by atoms with van der Waals surface area (Å²) in [5.74, 6) is 0.762. The van der Waals surface area contributed by atoms with Crippen LogP contribution >= 0.6 is 11.6 Å². The Morgan fingerprint density at radius 3 is 3.00 bits per heavy atom. The molecular formula is C14H17ClN4O. The number of halogens is 1. The van der Waals surface area contributed by atoms with Crippen LogP contribution < -0.4 is 4.90 Å². The number of likely N-dealkylation sites (N-methyl/N-ethyl adjacent to an activating group) is 1. The van der Waals surface area contributed by atoms with Gasteiger partial charge < -0.3 is 14.2 Å². The molecule has 0 aliphatic carbocycles. The van der Waals surface area contributed by atoms with Crippen LogP contribution in [0.15, 0.2) is 16.5 Å². The first-order chi connectivity index (χ1) is 9.70. The number of likely N-dealkylation sites (tertiary alicyclic amines) is 1. The van der Waals surface area contributed by atoms with E-state index in [1.165, 1.54) is 19.4 Å². The van der Waals surface area contributed by atoms with E-state index >= 15 is 0 Å². The Kier molecular flexibility index (Phi) is 2.86. The van der Waals surface area contributed by atoms with E-state index in [4.69, 9.17) is 16.0 Å². The van der Waals surface area contributed by atoms with Crippen LogP contribution in [0.2, 0.25) is 5.15 Å². The summed E-state index contributed by atoms with van der Waals surface area (Å²) in [6.07, 6.45) is 2.49. The molecular weight excluding hydrogens is 276 g/mol. The average Bonchev–Trinajstić information content (AvgIpc) is 3.00. The van der Waals surface area contributed by atoms with Crippen LogP contribution in [0.5, 0.6) is 0 Å². The van der Waals surface area contributed by atoms with Gasteiger partial charge in [-0.25, -0.2) is 4.98 Å². The molecule has 0 bridgehead atoms. The molecule has 4 rings (SSSR count). The van der Waals surface area contributed by atoms with Gasteiger partial charge in [0.05, 0.1) is 0 Å². The fraction of sp³-hybridized carbons (Fsp3) is 0.571. The van der Waals surface area contributed by atoms with Crippen molar-refractivity contribution < 1.29 is 4.42 Å². The highest BCUT2D eigenvalue weighted by molar-refractivity contribution is 6.29. The molecule has 2 atom stereocenters. The predicted molar refractivity (Wildman–Crippen MR) is 78.2 cm³/mol. The molecule has 0 saturated carbocycles. The number of pyridine rings is 1. The Labute approximate surface area is 122 Å². The number of anilines is 1. The minimum atomic E-state index is 0.453. The first-order valence-corrected chi connectivity index (χ1v) is 7.47. The number of fused-ring (bicyclic) bond motifs is 2. The molecule has 2 aromatic heterocycles. The van der Waals surface area contributed by atoms with Crippen molar-refractivity contribution in [3.8, 4) is 0 Å². The second-order valence-electron chi connectivity index (χ2n) is 5.81. The Morgan fingerprint density at radius 2 is 2.10 bits per heavy atom. The topological polar surface area (TPSA) is 45.4 Å². The van der Waals surface area contributed by atoms with Crippen LogP contribution in [-0.4, -0.2) is 47.6 Å². The van der Waals surface area contributed by atoms with Gasteiger partial charge in [0.15, 0.2) is 5.58 Å². The van der Waals surface area contributed by atoms with Crippen LogP contribution in [-0.2, 0) is 0 Å². The first-order valence-electron chi connectivity index (χ1n) is 7.09. The van der Waals surface area contributed by atoms with Gasteiger partial charge in [-0.05, 0) is 44.5 Å². The van der Waals surface area contributed by atoms with Gasteiger partial charge in [-0.15, -0.1) is 0 Å². The predicted octanol–water partition coefficient (Wildman–Crippen LogP) is 2.41. The van der Waals surface area contributed by atoms with Crippen molar-refractivity contribution in [2.45, 2.75) is 18.9 Å². The summed E-state index contributed by atoms with van der Waals surface area (Å²) in [7, 11) is 2.18. The van der Waals surface area contributed by atoms with Gasteiger partial charge in [0.25, 0.3) is 6.01 Å². The number of aromatic nitrogens is 2. The number of oxazole rings is 1. The van der Waals surface area contributed by atoms with Crippen LogP contribution in [0.1, 0.15) is 12.8 Å². The SMILES string of the molecule is CN1CCC2CCN(c3nc4nc(Cl)ccc4o3)C2C1. The van der Waals surface area contributed by atoms with Crippen molar-refractivity contribution in [3.05, 3.63) is 17.3 Å². The van der Waals surface area contributed by atoms with Crippen molar-refractivity contribution in [1.82, 2.24) is 14.9 Å². The van der Waals surface area contributed by atoms with Crippen LogP contribution in [0.25, 0.3) is 11.2 Å². The first kappa shape index (κ1) is 12.4. The van der Waals surface area contributed by atoms with Gasteiger partial charge in [0.1, 0.15) is 5.15 Å². The summed E-state index contributed by atoms with van der Waals surface area (Å²) in [6, 6.07) is 4.77. The third-order valence-corrected chi connectivity index (χ3v) is 4.73. The summed E-state index contributed by atoms with van der Waals surface area (Å²) in [5, 5.41) is 0.453. The highest BCUT2D eigenvalue weighted by Gasteiger charge is 2.39. The minimum Gasteiger partial charge on any atom is -0.422 e. The number of hydrogen-bond donors (Lipinski definition) is 0. The van der Waals surface area contributed by atoms with E-state index < -0.39 is 0 Å². The number of piperidine rings is 1. The highest BCUT2D eigenvalue weighted by Crippen LogP contribution is 2.35. The molecule has 2 aliphatic rings. The van der Waals surface area contributed by atoms with E-state index in [1.54, 1.807) is 6.07 Å². The van der Waals surface area contributed by atoms with Crippen molar-refractivity contribution in [3.63, 3.8) is 0 Å². The number of rotatable bonds is 1. The smallest absolute Gasteiger partial charge is 0.300 e. The molecule has 2 fully saturated rings. The van der Waals surface area contributed by atoms with Gasteiger partial charge in [0, 0.05) is 19.1 Å². The van der Waals surface area contributed by atoms with Gasteiger partial charge in [-0.2, -0.15) is 4.98 Å². The molecule has 0 N–H and O–H groups in total. The second kappa shape index (κ2) is 4.60. The Bertz CT molecular complexity index is 643. The molecule has 0 amide bonds. The molecule has 4 heterocycles. The van der Waals surface area contributed by atoms with Crippen molar-refractivity contribution in [2.24, 2.45) is 5.92 Å². The number of hydrogen-bond acceptors (Lipinski definition) is 5. The maximum Gasteiger partial charge on any atom is 0.300 e. The highest BCUT2D eigenvalue weighted by atomic mass is 35.5. The minimum absolute atomic E-state index is 0.453. The third kappa shape index (κ3) is 1.96. The van der Waals surface area contributed by atoms with Crippen LogP contribution in [0.4, 0.5) is 6.01 Å². The van der Waals surface area contributed by atoms with Gasteiger partial charge in [-0.1, -0.05) is 11.6 Å². The summed E-state index contributed by atoms with van der Waals surface area (Å²) in [5.41, 5.74) is 1.30. The number of nitrogens with zero attached hydrogens (tertiary/aromatic N) is 4. The monoisotopic (exact) mass is 292 g/mol. The Morgan fingerprint density at radius 1 is 1.25 bits per heavy atom. The largest absolute Gasteiger partial charge is 0.422 e. The molecule has 106 valence electrons. The molecule has 0 radical (unpaired) electrons. The average molecular weight is 293 g/mol. The summed E-state index contributed by atoms with van der Waals surface area (Å²) in [6.45, 7) is 3.29. The van der Waals surface area contributed by atoms with Gasteiger partial charge in [-0.3, -0.25) is 0 Å². The molecule has 2 saturated heterocycles. The van der Waals surface area contributed by atoms with Gasteiger partial charge >= 0.3 is 0 Å². The van der Waals surface area contributed by atoms with Gasteiger partial charge in [0.2, 0.25) is 5.65 Å². The lowest BCUT2D eigenvalue weighted by molar-refractivity contribution is 0.206. The van der Waals surface area contributed by atoms with E-state index in [2.05, 4.69) is 26.8 Å². The second-order valence-corrected chi connectivity index (χ2v) is 6.20. The molecule has 0 aromatic carbocycles. The molecule has 0 spiro atoms. The fourth-order valence-corrected chi connectivity index (χ4v) is 3.59. The summed E-state index contributed by atoms with van der Waals surface area (Å²) < 4.78 is 5.87. The lowest BCUT2D eigenvalue weighted by Crippen LogP contribution is -2.46. The molecule has 5 nitrogen and oxygen atoms in total. The summed E-state index contributed by atoms with van der Waals surface area (Å²) in [4.78, 5) is 13.4. The third-order valence-electron chi connectivity index (χ3n) is 4.52. The van der Waals surface area contributed by atoms with Crippen molar-refractivity contribution in [2.75, 3.05) is 31.6 Å². The quantitative estimate of drug-likeness (QED) is 0.755. The molecule has 2 unspecified atom stereocenters. The normalized spacial score (nSPS) is 27.2. The van der Waals surface area contributed by atoms with Crippen molar-refractivity contribution in [1.29, 1.82) is 0 Å². The standard InChI is InChI=1S/C14H17ClN4O/c1-18-6-4-9-5-7-19(10(9)8-18)14-17-13-11(20-14)2-3-12(15)16-13/h2-3,9-10H,4-8H2,1H3. The zero-order chi connectivity index (χ0) is 13.7.